The number of aliphatic hydroxyl groups excluding tert-OH is 1. The van der Waals surface area contributed by atoms with Crippen molar-refractivity contribution in [1.82, 2.24) is 0 Å². The average molecular weight is 158 g/mol. The molecule has 1 saturated heterocycles. The van der Waals surface area contributed by atoms with Crippen LogP contribution in [0.25, 0.3) is 0 Å². The van der Waals surface area contributed by atoms with E-state index in [-0.39, 0.29) is 6.10 Å². The van der Waals surface area contributed by atoms with E-state index in [9.17, 15) is 5.11 Å². The van der Waals surface area contributed by atoms with Crippen LogP contribution in [0.1, 0.15) is 12.8 Å². The second-order valence-electron chi connectivity index (χ2n) is 3.42. The summed E-state index contributed by atoms with van der Waals surface area (Å²) in [4.78, 5) is 0. The molecule has 2 aliphatic rings. The standard InChI is InChI=1S/C8H14O3/c9-7-4-10-5-8(7)11-3-6-1-2-6/h6-9H,1-5H2. The van der Waals surface area contributed by atoms with Crippen LogP contribution in [0.15, 0.2) is 0 Å². The van der Waals surface area contributed by atoms with Crippen LogP contribution in [0.5, 0.6) is 0 Å². The highest BCUT2D eigenvalue weighted by Crippen LogP contribution is 2.29. The molecule has 1 saturated carbocycles. The first-order valence-electron chi connectivity index (χ1n) is 4.23. The molecule has 2 fully saturated rings. The Labute approximate surface area is 66.3 Å². The quantitative estimate of drug-likeness (QED) is 0.636. The monoisotopic (exact) mass is 158 g/mol. The molecule has 0 radical (unpaired) electrons. The molecular formula is C8H14O3. The van der Waals surface area contributed by atoms with Gasteiger partial charge in [0.2, 0.25) is 0 Å². The minimum absolute atomic E-state index is 0.0596. The molecule has 2 rings (SSSR count). The van der Waals surface area contributed by atoms with E-state index in [1.54, 1.807) is 0 Å². The van der Waals surface area contributed by atoms with Crippen LogP contribution in [-0.2, 0) is 9.47 Å². The van der Waals surface area contributed by atoms with E-state index in [4.69, 9.17) is 9.47 Å². The van der Waals surface area contributed by atoms with E-state index in [0.29, 0.717) is 13.2 Å². The molecule has 0 aromatic rings. The summed E-state index contributed by atoms with van der Waals surface area (Å²) in [6.07, 6.45) is 2.14. The number of hydrogen-bond acceptors (Lipinski definition) is 3. The van der Waals surface area contributed by atoms with Crippen molar-refractivity contribution in [3.8, 4) is 0 Å². The fraction of sp³-hybridized carbons (Fsp3) is 1.00. The third kappa shape index (κ3) is 1.92. The molecule has 2 atom stereocenters. The van der Waals surface area contributed by atoms with Crippen molar-refractivity contribution in [2.24, 2.45) is 5.92 Å². The lowest BCUT2D eigenvalue weighted by Crippen LogP contribution is -2.27. The lowest BCUT2D eigenvalue weighted by molar-refractivity contribution is -0.0140. The molecule has 0 amide bonds. The highest BCUT2D eigenvalue weighted by molar-refractivity contribution is 4.77. The highest BCUT2D eigenvalue weighted by Gasteiger charge is 2.29. The predicted molar refractivity (Wildman–Crippen MR) is 39.3 cm³/mol. The lowest BCUT2D eigenvalue weighted by Gasteiger charge is -2.12. The molecule has 2 unspecified atom stereocenters. The van der Waals surface area contributed by atoms with Gasteiger partial charge in [0.05, 0.1) is 19.8 Å². The zero-order valence-corrected chi connectivity index (χ0v) is 6.53. The molecule has 1 aliphatic heterocycles. The fourth-order valence-electron chi connectivity index (χ4n) is 1.23. The van der Waals surface area contributed by atoms with Gasteiger partial charge < -0.3 is 14.6 Å². The van der Waals surface area contributed by atoms with Crippen LogP contribution in [0.2, 0.25) is 0 Å². The van der Waals surface area contributed by atoms with Gasteiger partial charge in [-0.05, 0) is 18.8 Å². The zero-order valence-electron chi connectivity index (χ0n) is 6.53. The van der Waals surface area contributed by atoms with Crippen molar-refractivity contribution >= 4 is 0 Å². The van der Waals surface area contributed by atoms with Crippen molar-refractivity contribution < 1.29 is 14.6 Å². The Morgan fingerprint density at radius 3 is 2.73 bits per heavy atom. The zero-order chi connectivity index (χ0) is 7.68. The van der Waals surface area contributed by atoms with Gasteiger partial charge in [0.1, 0.15) is 12.2 Å². The molecule has 0 bridgehead atoms. The molecule has 11 heavy (non-hydrogen) atoms. The van der Waals surface area contributed by atoms with Crippen LogP contribution in [0.3, 0.4) is 0 Å². The highest BCUT2D eigenvalue weighted by atomic mass is 16.6. The van der Waals surface area contributed by atoms with Crippen molar-refractivity contribution in [1.29, 1.82) is 0 Å². The molecule has 1 N–H and O–H groups in total. The third-order valence-corrected chi connectivity index (χ3v) is 2.24. The Balaban J connectivity index is 1.67. The Morgan fingerprint density at radius 1 is 1.36 bits per heavy atom. The van der Waals surface area contributed by atoms with E-state index < -0.39 is 6.10 Å². The maximum atomic E-state index is 9.27. The van der Waals surface area contributed by atoms with Gasteiger partial charge in [-0.25, -0.2) is 0 Å². The van der Waals surface area contributed by atoms with E-state index in [2.05, 4.69) is 0 Å². The predicted octanol–water partition coefficient (Wildman–Crippen LogP) is 0.173. The maximum absolute atomic E-state index is 9.27. The summed E-state index contributed by atoms with van der Waals surface area (Å²) in [6.45, 7) is 1.81. The van der Waals surface area contributed by atoms with Crippen LogP contribution >= 0.6 is 0 Å². The first kappa shape index (κ1) is 7.53. The number of ether oxygens (including phenoxy) is 2. The number of hydrogen-bond donors (Lipinski definition) is 1. The number of aliphatic hydroxyl groups is 1. The van der Waals surface area contributed by atoms with Crippen LogP contribution < -0.4 is 0 Å². The first-order chi connectivity index (χ1) is 5.36. The minimum atomic E-state index is -0.395. The molecule has 0 spiro atoms. The number of rotatable bonds is 3. The van der Waals surface area contributed by atoms with Gasteiger partial charge in [-0.3, -0.25) is 0 Å². The van der Waals surface area contributed by atoms with E-state index in [0.717, 1.165) is 12.5 Å². The summed E-state index contributed by atoms with van der Waals surface area (Å²) in [5, 5.41) is 9.27. The molecule has 64 valence electrons. The van der Waals surface area contributed by atoms with Gasteiger partial charge >= 0.3 is 0 Å². The van der Waals surface area contributed by atoms with Crippen molar-refractivity contribution in [3.63, 3.8) is 0 Å². The van der Waals surface area contributed by atoms with Crippen molar-refractivity contribution in [3.05, 3.63) is 0 Å². The summed E-state index contributed by atoms with van der Waals surface area (Å²) in [5.41, 5.74) is 0. The summed E-state index contributed by atoms with van der Waals surface area (Å²) in [6, 6.07) is 0. The van der Waals surface area contributed by atoms with E-state index in [1.165, 1.54) is 12.8 Å². The minimum Gasteiger partial charge on any atom is -0.388 e. The van der Waals surface area contributed by atoms with Gasteiger partial charge in [-0.15, -0.1) is 0 Å². The summed E-state index contributed by atoms with van der Waals surface area (Å²) in [5.74, 6) is 0.766. The molecule has 0 aromatic carbocycles. The summed E-state index contributed by atoms with van der Waals surface area (Å²) < 4.78 is 10.5. The van der Waals surface area contributed by atoms with Crippen LogP contribution in [-0.4, -0.2) is 37.1 Å². The van der Waals surface area contributed by atoms with Crippen molar-refractivity contribution in [2.45, 2.75) is 25.0 Å². The largest absolute Gasteiger partial charge is 0.388 e. The Kier molecular flexibility index (Phi) is 2.11. The lowest BCUT2D eigenvalue weighted by atomic mass is 10.2. The van der Waals surface area contributed by atoms with Gasteiger partial charge in [0.25, 0.3) is 0 Å². The topological polar surface area (TPSA) is 38.7 Å². The summed E-state index contributed by atoms with van der Waals surface area (Å²) in [7, 11) is 0. The molecule has 3 nitrogen and oxygen atoms in total. The molecule has 1 aliphatic carbocycles. The smallest absolute Gasteiger partial charge is 0.109 e. The molecule has 1 heterocycles. The average Bonchev–Trinajstić information content (AvgIpc) is 2.73. The third-order valence-electron chi connectivity index (χ3n) is 2.24. The molecular weight excluding hydrogens is 144 g/mol. The molecule has 3 heteroatoms. The Hall–Kier alpha value is -0.120. The van der Waals surface area contributed by atoms with Gasteiger partial charge in [0.15, 0.2) is 0 Å². The normalized spacial score (nSPS) is 37.9. The first-order valence-corrected chi connectivity index (χ1v) is 4.23. The van der Waals surface area contributed by atoms with Crippen molar-refractivity contribution in [2.75, 3.05) is 19.8 Å². The van der Waals surface area contributed by atoms with Crippen LogP contribution in [0, 0.1) is 5.92 Å². The second kappa shape index (κ2) is 3.09. The van der Waals surface area contributed by atoms with Gasteiger partial charge in [-0.1, -0.05) is 0 Å². The fourth-order valence-corrected chi connectivity index (χ4v) is 1.23. The van der Waals surface area contributed by atoms with Gasteiger partial charge in [0, 0.05) is 0 Å². The van der Waals surface area contributed by atoms with E-state index in [1.807, 2.05) is 0 Å². The Bertz CT molecular complexity index is 133. The van der Waals surface area contributed by atoms with Gasteiger partial charge in [-0.2, -0.15) is 0 Å². The SMILES string of the molecule is OC1COCC1OCC1CC1. The Morgan fingerprint density at radius 2 is 2.18 bits per heavy atom. The summed E-state index contributed by atoms with van der Waals surface area (Å²) >= 11 is 0. The van der Waals surface area contributed by atoms with Crippen LogP contribution in [0.4, 0.5) is 0 Å². The second-order valence-corrected chi connectivity index (χ2v) is 3.42. The maximum Gasteiger partial charge on any atom is 0.109 e. The molecule has 0 aromatic heterocycles. The van der Waals surface area contributed by atoms with E-state index >= 15 is 0 Å².